The molecule has 0 aromatic heterocycles. The summed E-state index contributed by atoms with van der Waals surface area (Å²) in [5.74, 6) is 0.524. The van der Waals surface area contributed by atoms with Crippen molar-refractivity contribution >= 4 is 23.3 Å². The topological polar surface area (TPSA) is 88.5 Å². The molecular formula is C24H34O5. The second kappa shape index (κ2) is 7.02. The average molecular weight is 403 g/mol. The van der Waals surface area contributed by atoms with Gasteiger partial charge in [-0.05, 0) is 60.7 Å². The summed E-state index contributed by atoms with van der Waals surface area (Å²) in [7, 11) is 0. The SMILES string of the molecule is C[C@H](CCC(=O)O)[C@H]1CC[C@H]2[C@@H]3C(=O)C[C@H]4CC(=O)CC[C@]4(C)[C@H]3CC(=O)[C@]12C. The van der Waals surface area contributed by atoms with Gasteiger partial charge in [0.2, 0.25) is 0 Å². The maximum atomic E-state index is 13.6. The molecule has 4 aliphatic carbocycles. The summed E-state index contributed by atoms with van der Waals surface area (Å²) in [5.41, 5.74) is -0.598. The molecule has 5 nitrogen and oxygen atoms in total. The van der Waals surface area contributed by atoms with Crippen LogP contribution in [0.25, 0.3) is 0 Å². The van der Waals surface area contributed by atoms with Crippen LogP contribution in [-0.4, -0.2) is 28.4 Å². The fraction of sp³-hybridized carbons (Fsp3) is 0.833. The molecule has 0 aliphatic heterocycles. The second-order valence-corrected chi connectivity index (χ2v) is 10.9. The van der Waals surface area contributed by atoms with Gasteiger partial charge in [0.05, 0.1) is 0 Å². The fourth-order valence-electron chi connectivity index (χ4n) is 7.94. The van der Waals surface area contributed by atoms with Crippen LogP contribution in [0, 0.1) is 46.3 Å². The Morgan fingerprint density at radius 1 is 1.10 bits per heavy atom. The third kappa shape index (κ3) is 3.02. The van der Waals surface area contributed by atoms with Gasteiger partial charge in [-0.25, -0.2) is 0 Å². The van der Waals surface area contributed by atoms with Crippen molar-refractivity contribution in [3.63, 3.8) is 0 Å². The van der Waals surface area contributed by atoms with Crippen molar-refractivity contribution in [2.24, 2.45) is 46.3 Å². The normalized spacial score (nSPS) is 45.3. The molecule has 160 valence electrons. The largest absolute Gasteiger partial charge is 0.481 e. The number of carboxylic acids is 1. The molecule has 0 amide bonds. The summed E-state index contributed by atoms with van der Waals surface area (Å²) in [6, 6.07) is 0. The Balaban J connectivity index is 1.63. The van der Waals surface area contributed by atoms with Gasteiger partial charge in [-0.3, -0.25) is 19.2 Å². The summed E-state index contributed by atoms with van der Waals surface area (Å²) in [4.78, 5) is 50.0. The zero-order chi connectivity index (χ0) is 21.1. The minimum absolute atomic E-state index is 0.0659. The highest BCUT2D eigenvalue weighted by Crippen LogP contribution is 2.66. The molecular weight excluding hydrogens is 368 g/mol. The molecule has 0 saturated heterocycles. The van der Waals surface area contributed by atoms with E-state index in [0.29, 0.717) is 32.1 Å². The van der Waals surface area contributed by atoms with Gasteiger partial charge < -0.3 is 5.11 Å². The van der Waals surface area contributed by atoms with Crippen LogP contribution in [0.1, 0.15) is 78.6 Å². The molecule has 1 N–H and O–H groups in total. The minimum atomic E-state index is -0.792. The first-order chi connectivity index (χ1) is 13.6. The van der Waals surface area contributed by atoms with Crippen molar-refractivity contribution in [3.05, 3.63) is 0 Å². The van der Waals surface area contributed by atoms with E-state index in [4.69, 9.17) is 5.11 Å². The van der Waals surface area contributed by atoms with Crippen molar-refractivity contribution in [1.82, 2.24) is 0 Å². The van der Waals surface area contributed by atoms with Crippen LogP contribution in [0.5, 0.6) is 0 Å². The zero-order valence-corrected chi connectivity index (χ0v) is 17.9. The van der Waals surface area contributed by atoms with E-state index in [2.05, 4.69) is 20.8 Å². The Morgan fingerprint density at radius 2 is 1.83 bits per heavy atom. The second-order valence-electron chi connectivity index (χ2n) is 10.9. The number of carboxylic acid groups (broad SMARTS) is 1. The Hall–Kier alpha value is -1.52. The molecule has 0 aromatic rings. The highest BCUT2D eigenvalue weighted by molar-refractivity contribution is 5.93. The number of carbonyl (C=O) groups excluding carboxylic acids is 3. The first-order valence-electron chi connectivity index (χ1n) is 11.4. The molecule has 5 heteroatoms. The Morgan fingerprint density at radius 3 is 2.52 bits per heavy atom. The number of fused-ring (bicyclic) bond motifs is 5. The quantitative estimate of drug-likeness (QED) is 0.766. The lowest BCUT2D eigenvalue weighted by atomic mass is 9.44. The third-order valence-corrected chi connectivity index (χ3v) is 9.72. The first-order valence-corrected chi connectivity index (χ1v) is 11.4. The van der Waals surface area contributed by atoms with Crippen LogP contribution >= 0.6 is 0 Å². The number of hydrogen-bond acceptors (Lipinski definition) is 4. The van der Waals surface area contributed by atoms with Crippen LogP contribution < -0.4 is 0 Å². The number of ketones is 3. The molecule has 0 aromatic carbocycles. The molecule has 0 radical (unpaired) electrons. The molecule has 0 spiro atoms. The van der Waals surface area contributed by atoms with Gasteiger partial charge in [0.15, 0.2) is 0 Å². The van der Waals surface area contributed by atoms with Crippen molar-refractivity contribution in [2.45, 2.75) is 78.6 Å². The van der Waals surface area contributed by atoms with Gasteiger partial charge in [-0.15, -0.1) is 0 Å². The first kappa shape index (κ1) is 20.7. The molecule has 4 rings (SSSR count). The Labute approximate surface area is 173 Å². The predicted octanol–water partition coefficient (Wildman–Crippen LogP) is 4.07. The van der Waals surface area contributed by atoms with E-state index < -0.39 is 11.4 Å². The van der Waals surface area contributed by atoms with E-state index in [0.717, 1.165) is 19.3 Å². The lowest BCUT2D eigenvalue weighted by molar-refractivity contribution is -0.166. The lowest BCUT2D eigenvalue weighted by Crippen LogP contribution is -2.60. The van der Waals surface area contributed by atoms with E-state index in [-0.39, 0.29) is 64.7 Å². The van der Waals surface area contributed by atoms with Gasteiger partial charge in [-0.2, -0.15) is 0 Å². The van der Waals surface area contributed by atoms with Crippen LogP contribution in [0.4, 0.5) is 0 Å². The van der Waals surface area contributed by atoms with Crippen molar-refractivity contribution in [2.75, 3.05) is 0 Å². The van der Waals surface area contributed by atoms with Crippen LogP contribution in [0.3, 0.4) is 0 Å². The van der Waals surface area contributed by atoms with Gasteiger partial charge in [0.25, 0.3) is 0 Å². The molecule has 4 aliphatic rings. The zero-order valence-electron chi connectivity index (χ0n) is 17.9. The average Bonchev–Trinajstić information content (AvgIpc) is 3.01. The van der Waals surface area contributed by atoms with Crippen molar-refractivity contribution < 1.29 is 24.3 Å². The van der Waals surface area contributed by atoms with Gasteiger partial charge >= 0.3 is 5.97 Å². The third-order valence-electron chi connectivity index (χ3n) is 9.72. The van der Waals surface area contributed by atoms with Gasteiger partial charge in [0.1, 0.15) is 17.3 Å². The maximum absolute atomic E-state index is 13.6. The van der Waals surface area contributed by atoms with Gasteiger partial charge in [0, 0.05) is 43.4 Å². The molecule has 4 saturated carbocycles. The molecule has 8 atom stereocenters. The highest BCUT2D eigenvalue weighted by Gasteiger charge is 2.66. The summed E-state index contributed by atoms with van der Waals surface area (Å²) in [5, 5.41) is 9.06. The van der Waals surface area contributed by atoms with Crippen LogP contribution in [0.2, 0.25) is 0 Å². The summed E-state index contributed by atoms with van der Waals surface area (Å²) in [6.45, 7) is 6.37. The maximum Gasteiger partial charge on any atom is 0.303 e. The van der Waals surface area contributed by atoms with Crippen LogP contribution in [-0.2, 0) is 19.2 Å². The van der Waals surface area contributed by atoms with E-state index in [1.54, 1.807) is 0 Å². The van der Waals surface area contributed by atoms with E-state index >= 15 is 0 Å². The molecule has 0 heterocycles. The number of rotatable bonds is 4. The number of hydrogen-bond donors (Lipinski definition) is 1. The van der Waals surface area contributed by atoms with E-state index in [1.807, 2.05) is 0 Å². The van der Waals surface area contributed by atoms with E-state index in [9.17, 15) is 19.2 Å². The highest BCUT2D eigenvalue weighted by atomic mass is 16.4. The lowest BCUT2D eigenvalue weighted by Gasteiger charge is -2.58. The number of aliphatic carboxylic acids is 1. The van der Waals surface area contributed by atoms with Crippen molar-refractivity contribution in [1.29, 1.82) is 0 Å². The monoisotopic (exact) mass is 402 g/mol. The predicted molar refractivity (Wildman–Crippen MR) is 107 cm³/mol. The fourth-order valence-corrected chi connectivity index (χ4v) is 7.94. The van der Waals surface area contributed by atoms with Gasteiger partial charge in [-0.1, -0.05) is 20.8 Å². The summed E-state index contributed by atoms with van der Waals surface area (Å²) < 4.78 is 0. The van der Waals surface area contributed by atoms with Crippen LogP contribution in [0.15, 0.2) is 0 Å². The molecule has 4 fully saturated rings. The molecule has 0 bridgehead atoms. The number of Topliss-reactive ketones (excluding diaryl/α,β-unsaturated/α-hetero) is 3. The Bertz CT molecular complexity index is 756. The van der Waals surface area contributed by atoms with E-state index in [1.165, 1.54) is 0 Å². The summed E-state index contributed by atoms with van der Waals surface area (Å²) in [6.07, 6.45) is 5.33. The smallest absolute Gasteiger partial charge is 0.303 e. The summed E-state index contributed by atoms with van der Waals surface area (Å²) >= 11 is 0. The number of carbonyl (C=O) groups is 4. The molecule has 29 heavy (non-hydrogen) atoms. The Kier molecular flexibility index (Phi) is 5.02. The standard InChI is InChI=1S/C24H34O5/c1-13(4-7-21(28)29)16-5-6-17-22-18(12-20(27)24(16,17)3)23(2)9-8-15(25)10-14(23)11-19(22)26/h13-14,16-18,22H,4-12H2,1-3H3,(H,28,29)/t13-,14-,16-,17+,18+,22+,23+,24-/m1/s1. The molecule has 0 unspecified atom stereocenters. The minimum Gasteiger partial charge on any atom is -0.481 e. The van der Waals surface area contributed by atoms with Crippen molar-refractivity contribution in [3.8, 4) is 0 Å².